The number of carbonyl (C=O) groups is 1. The highest BCUT2D eigenvalue weighted by atomic mass is 32.1. The largest absolute Gasteiger partial charge is 0.493 e. The monoisotopic (exact) mass is 427 g/mol. The van der Waals surface area contributed by atoms with Crippen LogP contribution in [0.3, 0.4) is 0 Å². The molecule has 1 aromatic heterocycles. The van der Waals surface area contributed by atoms with Gasteiger partial charge in [-0.05, 0) is 41.0 Å². The van der Waals surface area contributed by atoms with Gasteiger partial charge in [0.2, 0.25) is 5.91 Å². The van der Waals surface area contributed by atoms with Crippen LogP contribution in [0.25, 0.3) is 11.0 Å². The number of hydrogen-bond donors (Lipinski definition) is 0. The zero-order valence-corrected chi connectivity index (χ0v) is 17.3. The van der Waals surface area contributed by atoms with Crippen molar-refractivity contribution in [1.29, 1.82) is 0 Å². The fourth-order valence-electron chi connectivity index (χ4n) is 5.11. The van der Waals surface area contributed by atoms with E-state index < -0.39 is 5.41 Å². The molecule has 7 heteroatoms. The molecule has 3 aromatic carbocycles. The number of aromatic nitrogens is 2. The number of hydrogen-bond acceptors (Lipinski definition) is 6. The molecule has 152 valence electrons. The van der Waals surface area contributed by atoms with Crippen molar-refractivity contribution in [2.45, 2.75) is 18.4 Å². The Morgan fingerprint density at radius 1 is 0.968 bits per heavy atom. The Labute approximate surface area is 182 Å². The second-order valence-corrected chi connectivity index (χ2v) is 8.77. The summed E-state index contributed by atoms with van der Waals surface area (Å²) < 4.78 is 20.4. The average molecular weight is 427 g/mol. The quantitative estimate of drug-likeness (QED) is 0.486. The fraction of sp³-hybridized carbons (Fsp3) is 0.208. The van der Waals surface area contributed by atoms with E-state index >= 15 is 0 Å². The van der Waals surface area contributed by atoms with Crippen molar-refractivity contribution < 1.29 is 14.3 Å². The molecule has 4 aromatic rings. The van der Waals surface area contributed by atoms with Gasteiger partial charge in [-0.15, -0.1) is 0 Å². The molecule has 0 radical (unpaired) electrons. The van der Waals surface area contributed by atoms with Crippen molar-refractivity contribution in [3.05, 3.63) is 76.9 Å². The third-order valence-corrected chi connectivity index (χ3v) is 7.18. The lowest BCUT2D eigenvalue weighted by molar-refractivity contribution is -0.122. The topological polar surface area (TPSA) is 64.6 Å². The molecule has 31 heavy (non-hydrogen) atoms. The van der Waals surface area contributed by atoms with Crippen LogP contribution in [0.4, 0.5) is 5.69 Å². The Hall–Kier alpha value is -3.45. The number of ether oxygens (including phenoxy) is 2. The molecule has 1 amide bonds. The summed E-state index contributed by atoms with van der Waals surface area (Å²) in [6, 6.07) is 18.1. The van der Waals surface area contributed by atoms with Crippen molar-refractivity contribution in [3.63, 3.8) is 0 Å². The Morgan fingerprint density at radius 3 is 2.84 bits per heavy atom. The molecular weight excluding hydrogens is 410 g/mol. The maximum Gasteiger partial charge on any atom is 0.246 e. The molecule has 0 N–H and O–H groups in total. The number of benzene rings is 3. The summed E-state index contributed by atoms with van der Waals surface area (Å²) in [4.78, 5) is 15.9. The Bertz CT molecular complexity index is 1400. The van der Waals surface area contributed by atoms with E-state index in [0.29, 0.717) is 19.8 Å². The third kappa shape index (κ3) is 2.24. The van der Waals surface area contributed by atoms with Gasteiger partial charge in [0.25, 0.3) is 0 Å². The summed E-state index contributed by atoms with van der Waals surface area (Å²) in [7, 11) is 0. The number of carbonyl (C=O) groups excluding carboxylic acids is 1. The lowest BCUT2D eigenvalue weighted by Crippen LogP contribution is -2.42. The maximum atomic E-state index is 14.1. The predicted octanol–water partition coefficient (Wildman–Crippen LogP) is 3.85. The van der Waals surface area contributed by atoms with E-state index in [4.69, 9.17) is 9.47 Å². The molecule has 4 heterocycles. The van der Waals surface area contributed by atoms with E-state index in [9.17, 15) is 4.79 Å². The van der Waals surface area contributed by atoms with Crippen molar-refractivity contribution >= 4 is 34.4 Å². The van der Waals surface area contributed by atoms with Crippen LogP contribution in [-0.4, -0.2) is 27.9 Å². The van der Waals surface area contributed by atoms with Gasteiger partial charge >= 0.3 is 0 Å². The van der Waals surface area contributed by atoms with E-state index in [0.717, 1.165) is 56.9 Å². The molecule has 0 saturated carbocycles. The number of anilines is 1. The van der Waals surface area contributed by atoms with Crippen LogP contribution in [0.15, 0.2) is 54.6 Å². The number of rotatable bonds is 2. The van der Waals surface area contributed by atoms with Crippen LogP contribution < -0.4 is 14.4 Å². The molecule has 1 atom stereocenters. The van der Waals surface area contributed by atoms with E-state index in [-0.39, 0.29) is 5.91 Å². The molecule has 0 fully saturated rings. The van der Waals surface area contributed by atoms with Gasteiger partial charge in [0, 0.05) is 23.7 Å². The fourth-order valence-corrected chi connectivity index (χ4v) is 5.63. The molecule has 0 bridgehead atoms. The zero-order chi connectivity index (χ0) is 20.6. The highest BCUT2D eigenvalue weighted by Gasteiger charge is 2.57. The molecule has 1 spiro atoms. The van der Waals surface area contributed by atoms with Gasteiger partial charge in [0.15, 0.2) is 0 Å². The molecule has 0 aliphatic carbocycles. The van der Waals surface area contributed by atoms with Crippen LogP contribution in [-0.2, 0) is 23.2 Å². The summed E-state index contributed by atoms with van der Waals surface area (Å²) >= 11 is 1.20. The Balaban J connectivity index is 1.36. The first kappa shape index (κ1) is 17.3. The second kappa shape index (κ2) is 6.04. The van der Waals surface area contributed by atoms with Gasteiger partial charge in [-0.2, -0.15) is 8.75 Å². The summed E-state index contributed by atoms with van der Waals surface area (Å²) in [5, 5.41) is 0. The lowest BCUT2D eigenvalue weighted by Gasteiger charge is -2.23. The van der Waals surface area contributed by atoms with Gasteiger partial charge in [0.05, 0.1) is 24.9 Å². The summed E-state index contributed by atoms with van der Waals surface area (Å²) in [6.07, 6.45) is 0.861. The number of amides is 1. The van der Waals surface area contributed by atoms with Gasteiger partial charge in [-0.1, -0.05) is 24.3 Å². The normalized spacial score (nSPS) is 20.6. The van der Waals surface area contributed by atoms with Crippen LogP contribution >= 0.6 is 11.7 Å². The van der Waals surface area contributed by atoms with Gasteiger partial charge in [0.1, 0.15) is 34.6 Å². The summed E-state index contributed by atoms with van der Waals surface area (Å²) in [6.45, 7) is 1.47. The SMILES string of the molecule is O=C1N(Cc2ccc3nsnc3c2)c2ccccc2C12COc1cc3c(cc12)CCO3. The highest BCUT2D eigenvalue weighted by Crippen LogP contribution is 2.54. The second-order valence-electron chi connectivity index (χ2n) is 8.24. The van der Waals surface area contributed by atoms with Gasteiger partial charge in [-0.3, -0.25) is 4.79 Å². The summed E-state index contributed by atoms with van der Waals surface area (Å²) in [5.41, 5.74) is 6.02. The first-order chi connectivity index (χ1) is 15.2. The minimum Gasteiger partial charge on any atom is -0.493 e. The average Bonchev–Trinajstić information content (AvgIpc) is 3.56. The third-order valence-electron chi connectivity index (χ3n) is 6.62. The van der Waals surface area contributed by atoms with Crippen LogP contribution in [0.2, 0.25) is 0 Å². The maximum absolute atomic E-state index is 14.1. The minimum atomic E-state index is -0.810. The van der Waals surface area contributed by atoms with Crippen LogP contribution in [0.5, 0.6) is 11.5 Å². The highest BCUT2D eigenvalue weighted by molar-refractivity contribution is 7.00. The van der Waals surface area contributed by atoms with Gasteiger partial charge < -0.3 is 14.4 Å². The Kier molecular flexibility index (Phi) is 3.36. The molecule has 6 nitrogen and oxygen atoms in total. The van der Waals surface area contributed by atoms with Gasteiger partial charge in [-0.25, -0.2) is 0 Å². The molecule has 3 aliphatic heterocycles. The van der Waals surface area contributed by atoms with Crippen LogP contribution in [0, 0.1) is 0 Å². The van der Waals surface area contributed by atoms with Crippen molar-refractivity contribution in [2.75, 3.05) is 18.1 Å². The van der Waals surface area contributed by atoms with Crippen molar-refractivity contribution in [1.82, 2.24) is 8.75 Å². The van der Waals surface area contributed by atoms with Crippen molar-refractivity contribution in [3.8, 4) is 11.5 Å². The first-order valence-corrected chi connectivity index (χ1v) is 11.0. The number of nitrogens with zero attached hydrogens (tertiary/aromatic N) is 3. The molecule has 3 aliphatic rings. The van der Waals surface area contributed by atoms with Crippen molar-refractivity contribution in [2.24, 2.45) is 0 Å². The van der Waals surface area contributed by atoms with E-state index in [1.165, 1.54) is 11.7 Å². The lowest BCUT2D eigenvalue weighted by atomic mass is 9.76. The molecule has 7 rings (SSSR count). The first-order valence-electron chi connectivity index (χ1n) is 10.3. The molecule has 0 saturated heterocycles. The summed E-state index contributed by atoms with van der Waals surface area (Å²) in [5.74, 6) is 1.68. The molecular formula is C24H17N3O3S. The Morgan fingerprint density at radius 2 is 1.87 bits per heavy atom. The van der Waals surface area contributed by atoms with E-state index in [1.54, 1.807) is 0 Å². The van der Waals surface area contributed by atoms with Crippen LogP contribution in [0.1, 0.15) is 22.3 Å². The number of fused-ring (bicyclic) bond motifs is 6. The smallest absolute Gasteiger partial charge is 0.246 e. The van der Waals surface area contributed by atoms with E-state index in [1.807, 2.05) is 47.4 Å². The van der Waals surface area contributed by atoms with E-state index in [2.05, 4.69) is 20.9 Å². The predicted molar refractivity (Wildman–Crippen MR) is 117 cm³/mol. The molecule has 1 unspecified atom stereocenters. The minimum absolute atomic E-state index is 0.0582. The number of para-hydroxylation sites is 1. The zero-order valence-electron chi connectivity index (χ0n) is 16.5. The standard InChI is InChI=1S/C24H17N3O3S/c28-23-24(13-30-22-11-21-15(7-8-29-21)10-17(22)24)16-3-1-2-4-20(16)27(23)12-14-5-6-18-19(9-14)26-31-25-18/h1-6,9-11H,7-8,12-13H2.